The number of halogens is 3. The SMILES string of the molecule is Cc1cc(C(F)(F)F)cc(N2C(=O)C[C@@H]3CN(CCCO)c4c(C)cccc4N(C)C(=O)[C@H]32)n1. The first-order valence-corrected chi connectivity index (χ1v) is 11.1. The molecule has 10 heteroatoms. The number of para-hydroxylation sites is 1. The summed E-state index contributed by atoms with van der Waals surface area (Å²) >= 11 is 0. The normalized spacial score (nSPS) is 20.9. The van der Waals surface area contributed by atoms with Gasteiger partial charge in [0.15, 0.2) is 0 Å². The number of aromatic nitrogens is 1. The molecule has 0 unspecified atom stereocenters. The molecule has 3 heterocycles. The monoisotopic (exact) mass is 476 g/mol. The van der Waals surface area contributed by atoms with Crippen molar-refractivity contribution in [2.45, 2.75) is 38.9 Å². The molecule has 34 heavy (non-hydrogen) atoms. The van der Waals surface area contributed by atoms with Crippen LogP contribution in [0.25, 0.3) is 0 Å². The molecule has 2 atom stereocenters. The van der Waals surface area contributed by atoms with Crippen LogP contribution in [0.1, 0.15) is 29.7 Å². The molecule has 0 spiro atoms. The summed E-state index contributed by atoms with van der Waals surface area (Å²) < 4.78 is 40.4. The van der Waals surface area contributed by atoms with Crippen LogP contribution < -0.4 is 14.7 Å². The molecule has 182 valence electrons. The number of pyridine rings is 1. The van der Waals surface area contributed by atoms with Crippen LogP contribution >= 0.6 is 0 Å². The Hall–Kier alpha value is -3.14. The molecule has 1 saturated heterocycles. The third-order valence-corrected chi connectivity index (χ3v) is 6.46. The fourth-order valence-corrected chi connectivity index (χ4v) is 4.97. The van der Waals surface area contributed by atoms with Crippen molar-refractivity contribution in [3.8, 4) is 0 Å². The largest absolute Gasteiger partial charge is 0.416 e. The van der Waals surface area contributed by atoms with Gasteiger partial charge in [0.05, 0.1) is 16.9 Å². The molecule has 1 fully saturated rings. The van der Waals surface area contributed by atoms with E-state index in [-0.39, 0.29) is 30.4 Å². The summed E-state index contributed by atoms with van der Waals surface area (Å²) in [5, 5.41) is 9.42. The predicted octanol–water partition coefficient (Wildman–Crippen LogP) is 3.30. The topological polar surface area (TPSA) is 77.0 Å². The minimum Gasteiger partial charge on any atom is -0.396 e. The minimum atomic E-state index is -4.61. The summed E-state index contributed by atoms with van der Waals surface area (Å²) in [6, 6.07) is 6.34. The van der Waals surface area contributed by atoms with E-state index in [0.29, 0.717) is 25.2 Å². The number of hydrogen-bond acceptors (Lipinski definition) is 5. The summed E-state index contributed by atoms with van der Waals surface area (Å²) in [5.41, 5.74) is 1.64. The second kappa shape index (κ2) is 8.90. The minimum absolute atomic E-state index is 0.0120. The van der Waals surface area contributed by atoms with Gasteiger partial charge in [-0.1, -0.05) is 12.1 Å². The van der Waals surface area contributed by atoms with Gasteiger partial charge in [0.1, 0.15) is 11.9 Å². The van der Waals surface area contributed by atoms with Crippen LogP contribution in [-0.4, -0.2) is 54.7 Å². The van der Waals surface area contributed by atoms with Crippen molar-refractivity contribution >= 4 is 29.0 Å². The quantitative estimate of drug-likeness (QED) is 0.733. The van der Waals surface area contributed by atoms with Gasteiger partial charge in [0, 0.05) is 44.8 Å². The Bertz CT molecular complexity index is 1120. The number of benzene rings is 1. The molecule has 2 aromatic rings. The van der Waals surface area contributed by atoms with Crippen LogP contribution in [0.15, 0.2) is 30.3 Å². The van der Waals surface area contributed by atoms with Crippen molar-refractivity contribution in [1.82, 2.24) is 4.98 Å². The molecule has 4 rings (SSSR count). The second-order valence-corrected chi connectivity index (χ2v) is 8.89. The van der Waals surface area contributed by atoms with Gasteiger partial charge < -0.3 is 14.9 Å². The van der Waals surface area contributed by atoms with E-state index in [1.54, 1.807) is 13.1 Å². The highest BCUT2D eigenvalue weighted by molar-refractivity contribution is 6.10. The maximum Gasteiger partial charge on any atom is 0.416 e. The lowest BCUT2D eigenvalue weighted by molar-refractivity contribution is -0.137. The lowest BCUT2D eigenvalue weighted by atomic mass is 9.95. The number of anilines is 3. The lowest BCUT2D eigenvalue weighted by Crippen LogP contribution is -2.52. The van der Waals surface area contributed by atoms with Crippen molar-refractivity contribution in [3.63, 3.8) is 0 Å². The van der Waals surface area contributed by atoms with E-state index in [0.717, 1.165) is 28.3 Å². The average molecular weight is 476 g/mol. The number of nitrogens with zero attached hydrogens (tertiary/aromatic N) is 4. The molecular weight excluding hydrogens is 449 g/mol. The molecule has 0 saturated carbocycles. The zero-order chi connectivity index (χ0) is 24.8. The van der Waals surface area contributed by atoms with Crippen molar-refractivity contribution in [3.05, 3.63) is 47.2 Å². The predicted molar refractivity (Wildman–Crippen MR) is 122 cm³/mol. The van der Waals surface area contributed by atoms with E-state index in [1.165, 1.54) is 11.8 Å². The van der Waals surface area contributed by atoms with Crippen molar-refractivity contribution < 1.29 is 27.9 Å². The standard InChI is InChI=1S/C24H27F3N4O3/c1-14-6-4-7-18-21(14)30(8-5-9-32)13-16-11-20(33)31(22(16)23(34)29(18)3)19-12-17(24(25,26)27)10-15(2)28-19/h4,6-7,10,12,16,22,32H,5,8-9,11,13H2,1-3H3/t16-,22+/m1/s1. The van der Waals surface area contributed by atoms with E-state index >= 15 is 0 Å². The third-order valence-electron chi connectivity index (χ3n) is 6.46. The smallest absolute Gasteiger partial charge is 0.396 e. The molecule has 2 aliphatic rings. The molecule has 0 bridgehead atoms. The van der Waals surface area contributed by atoms with Crippen molar-refractivity contribution in [2.24, 2.45) is 5.92 Å². The summed E-state index contributed by atoms with van der Waals surface area (Å²) in [4.78, 5) is 35.7. The summed E-state index contributed by atoms with van der Waals surface area (Å²) in [6.45, 7) is 4.21. The molecule has 1 aromatic carbocycles. The van der Waals surface area contributed by atoms with Crippen LogP contribution in [0.4, 0.5) is 30.4 Å². The molecule has 1 N–H and O–H groups in total. The highest BCUT2D eigenvalue weighted by Gasteiger charge is 2.49. The first kappa shape index (κ1) is 24.0. The Morgan fingerprint density at radius 1 is 1.18 bits per heavy atom. The zero-order valence-electron chi connectivity index (χ0n) is 19.3. The number of fused-ring (bicyclic) bond motifs is 2. The number of rotatable bonds is 4. The molecule has 1 aromatic heterocycles. The number of hydrogen-bond donors (Lipinski definition) is 1. The second-order valence-electron chi connectivity index (χ2n) is 8.89. The Labute approximate surface area is 195 Å². The summed E-state index contributed by atoms with van der Waals surface area (Å²) in [7, 11) is 1.61. The van der Waals surface area contributed by atoms with Crippen LogP contribution in [0.5, 0.6) is 0 Å². The number of aryl methyl sites for hydroxylation is 2. The average Bonchev–Trinajstić information content (AvgIpc) is 3.09. The van der Waals surface area contributed by atoms with Crippen LogP contribution in [0.3, 0.4) is 0 Å². The zero-order valence-corrected chi connectivity index (χ0v) is 19.3. The van der Waals surface area contributed by atoms with Gasteiger partial charge in [-0.05, 0) is 44.0 Å². The number of amides is 2. The Morgan fingerprint density at radius 3 is 2.59 bits per heavy atom. The fraction of sp³-hybridized carbons (Fsp3) is 0.458. The lowest BCUT2D eigenvalue weighted by Gasteiger charge is -2.39. The highest BCUT2D eigenvalue weighted by atomic mass is 19.4. The maximum atomic E-state index is 13.7. The Kier molecular flexibility index (Phi) is 6.28. The van der Waals surface area contributed by atoms with E-state index in [1.807, 2.05) is 19.1 Å². The summed E-state index contributed by atoms with van der Waals surface area (Å²) in [6.07, 6.45) is -4.10. The van der Waals surface area contributed by atoms with Gasteiger partial charge in [0.2, 0.25) is 11.8 Å². The van der Waals surface area contributed by atoms with E-state index in [2.05, 4.69) is 9.88 Å². The first-order chi connectivity index (χ1) is 16.0. The van der Waals surface area contributed by atoms with Crippen molar-refractivity contribution in [1.29, 1.82) is 0 Å². The summed E-state index contributed by atoms with van der Waals surface area (Å²) in [5.74, 6) is -1.43. The molecule has 2 amide bonds. The van der Waals surface area contributed by atoms with Gasteiger partial charge in [0.25, 0.3) is 0 Å². The number of aliphatic hydroxyl groups is 1. The van der Waals surface area contributed by atoms with E-state index in [4.69, 9.17) is 0 Å². The highest BCUT2D eigenvalue weighted by Crippen LogP contribution is 2.41. The third kappa shape index (κ3) is 4.22. The fourth-order valence-electron chi connectivity index (χ4n) is 4.97. The van der Waals surface area contributed by atoms with E-state index < -0.39 is 29.6 Å². The molecule has 0 radical (unpaired) electrons. The molecular formula is C24H27F3N4O3. The van der Waals surface area contributed by atoms with Gasteiger partial charge in [-0.3, -0.25) is 14.5 Å². The first-order valence-electron chi connectivity index (χ1n) is 11.1. The van der Waals surface area contributed by atoms with Gasteiger partial charge >= 0.3 is 6.18 Å². The Morgan fingerprint density at radius 2 is 1.91 bits per heavy atom. The number of carbonyl (C=O) groups excluding carboxylic acids is 2. The van der Waals surface area contributed by atoms with Gasteiger partial charge in [-0.2, -0.15) is 13.2 Å². The van der Waals surface area contributed by atoms with E-state index in [9.17, 15) is 27.9 Å². The number of alkyl halides is 3. The number of likely N-dealkylation sites (N-methyl/N-ethyl adjacent to an activating group) is 1. The number of carbonyl (C=O) groups is 2. The molecule has 7 nitrogen and oxygen atoms in total. The van der Waals surface area contributed by atoms with Crippen LogP contribution in [-0.2, 0) is 15.8 Å². The van der Waals surface area contributed by atoms with Gasteiger partial charge in [-0.25, -0.2) is 4.98 Å². The molecule has 0 aliphatic carbocycles. The van der Waals surface area contributed by atoms with Crippen molar-refractivity contribution in [2.75, 3.05) is 41.4 Å². The Balaban J connectivity index is 1.82. The molecule has 2 aliphatic heterocycles. The van der Waals surface area contributed by atoms with Crippen LogP contribution in [0, 0.1) is 19.8 Å². The maximum absolute atomic E-state index is 13.7. The number of aliphatic hydroxyl groups excluding tert-OH is 1. The van der Waals surface area contributed by atoms with Crippen LogP contribution in [0.2, 0.25) is 0 Å². The van der Waals surface area contributed by atoms with Gasteiger partial charge in [-0.15, -0.1) is 0 Å².